The van der Waals surface area contributed by atoms with Crippen LogP contribution in [0, 0.1) is 0 Å². The van der Waals surface area contributed by atoms with Crippen molar-refractivity contribution in [2.75, 3.05) is 13.2 Å². The summed E-state index contributed by atoms with van der Waals surface area (Å²) in [6, 6.07) is 0. The van der Waals surface area contributed by atoms with Crippen LogP contribution in [-0.2, 0) is 14.3 Å². The molecule has 0 unspecified atom stereocenters. The molecule has 78 valence electrons. The third-order valence-electron chi connectivity index (χ3n) is 0.869. The van der Waals surface area contributed by atoms with Crippen LogP contribution in [0.5, 0.6) is 0 Å². The first-order valence-electron chi connectivity index (χ1n) is 3.69. The smallest absolute Gasteiger partial charge is 0.443 e. The van der Waals surface area contributed by atoms with Gasteiger partial charge < -0.3 is 14.3 Å². The van der Waals surface area contributed by atoms with Gasteiger partial charge in [0, 0.05) is 0 Å². The van der Waals surface area contributed by atoms with Crippen LogP contribution >= 0.6 is 0 Å². The van der Waals surface area contributed by atoms with E-state index in [0.29, 0.717) is 0 Å². The molecule has 0 aromatic rings. The minimum atomic E-state index is -1.04. The van der Waals surface area contributed by atoms with Gasteiger partial charge >= 0.3 is 12.2 Å². The maximum Gasteiger partial charge on any atom is 0.533 e. The summed E-state index contributed by atoms with van der Waals surface area (Å²) < 4.78 is 8.80. The first kappa shape index (κ1) is 12.0. The average molecular weight is 201 g/mol. The lowest BCUT2D eigenvalue weighted by molar-refractivity contribution is 0.0188. The summed E-state index contributed by atoms with van der Waals surface area (Å²) >= 11 is 0. The molecule has 0 radical (unpaired) electrons. The number of amides is 1. The highest BCUT2D eigenvalue weighted by Gasteiger charge is 2.06. The Bertz CT molecular complexity index is 202. The van der Waals surface area contributed by atoms with Crippen molar-refractivity contribution in [2.24, 2.45) is 0 Å². The highest BCUT2D eigenvalue weighted by Crippen LogP contribution is 1.84. The van der Waals surface area contributed by atoms with Crippen LogP contribution in [-0.4, -0.2) is 25.5 Å². The average Bonchev–Trinajstić information content (AvgIpc) is 2.20. The molecule has 1 N–H and O–H groups in total. The number of carbonyl (C=O) groups is 2. The van der Waals surface area contributed by atoms with Crippen molar-refractivity contribution in [2.45, 2.75) is 0 Å². The molecule has 6 nitrogen and oxygen atoms in total. The van der Waals surface area contributed by atoms with Crippen molar-refractivity contribution in [1.29, 1.82) is 0 Å². The van der Waals surface area contributed by atoms with E-state index in [4.69, 9.17) is 0 Å². The van der Waals surface area contributed by atoms with E-state index in [1.54, 1.807) is 5.48 Å². The molecule has 0 aromatic heterocycles. The molecule has 0 aliphatic heterocycles. The summed E-state index contributed by atoms with van der Waals surface area (Å²) in [6.07, 6.45) is 0.785. The molecule has 14 heavy (non-hydrogen) atoms. The summed E-state index contributed by atoms with van der Waals surface area (Å²) in [4.78, 5) is 25.4. The van der Waals surface area contributed by atoms with E-state index in [1.165, 1.54) is 12.2 Å². The molecule has 0 spiro atoms. The minimum absolute atomic E-state index is 0.00220. The molecule has 0 aromatic carbocycles. The van der Waals surface area contributed by atoms with Gasteiger partial charge in [-0.3, -0.25) is 0 Å². The molecule has 0 heterocycles. The fraction of sp³-hybridized carbons (Fsp3) is 0.250. The lowest BCUT2D eigenvalue weighted by Crippen LogP contribution is -2.28. The van der Waals surface area contributed by atoms with E-state index in [9.17, 15) is 9.59 Å². The van der Waals surface area contributed by atoms with Crippen LogP contribution in [0.4, 0.5) is 9.59 Å². The van der Waals surface area contributed by atoms with Gasteiger partial charge in [0.05, 0.1) is 0 Å². The molecular weight excluding hydrogens is 190 g/mol. The van der Waals surface area contributed by atoms with E-state index < -0.39 is 12.2 Å². The van der Waals surface area contributed by atoms with Crippen molar-refractivity contribution >= 4 is 12.2 Å². The summed E-state index contributed by atoms with van der Waals surface area (Å²) in [5, 5.41) is 0. The normalized spacial score (nSPS) is 8.29. The molecule has 0 saturated carbocycles. The topological polar surface area (TPSA) is 73.9 Å². The Hall–Kier alpha value is -1.98. The molecule has 0 atom stereocenters. The predicted octanol–water partition coefficient (Wildman–Crippen LogP) is 1.15. The number of carbonyl (C=O) groups excluding carboxylic acids is 2. The number of hydrogen-bond donors (Lipinski definition) is 1. The molecule has 1 amide bonds. The van der Waals surface area contributed by atoms with Crippen LogP contribution in [0.1, 0.15) is 0 Å². The van der Waals surface area contributed by atoms with Crippen LogP contribution in [0.3, 0.4) is 0 Å². The number of hydrogen-bond acceptors (Lipinski definition) is 5. The Morgan fingerprint density at radius 1 is 1.14 bits per heavy atom. The van der Waals surface area contributed by atoms with Crippen molar-refractivity contribution in [1.82, 2.24) is 5.48 Å². The molecular formula is C8H11NO5. The highest BCUT2D eigenvalue weighted by atomic mass is 16.8. The van der Waals surface area contributed by atoms with E-state index in [2.05, 4.69) is 27.5 Å². The zero-order chi connectivity index (χ0) is 10.8. The van der Waals surface area contributed by atoms with Gasteiger partial charge in [0.2, 0.25) is 0 Å². The fourth-order valence-electron chi connectivity index (χ4n) is 0.404. The minimum Gasteiger partial charge on any atom is -0.443 e. The van der Waals surface area contributed by atoms with Crippen LogP contribution in [0.2, 0.25) is 0 Å². The maximum absolute atomic E-state index is 10.6. The first-order chi connectivity index (χ1) is 6.70. The Kier molecular flexibility index (Phi) is 6.57. The molecule has 0 aliphatic rings. The van der Waals surface area contributed by atoms with E-state index in [-0.39, 0.29) is 13.2 Å². The SMILES string of the molecule is C=CCOC(=O)NOC(=O)OCC=C. The Morgan fingerprint density at radius 2 is 1.71 bits per heavy atom. The van der Waals surface area contributed by atoms with Crippen LogP contribution in [0.25, 0.3) is 0 Å². The molecule has 0 bridgehead atoms. The van der Waals surface area contributed by atoms with Crippen LogP contribution in [0.15, 0.2) is 25.3 Å². The summed E-state index contributed by atoms with van der Waals surface area (Å²) in [6.45, 7) is 6.66. The third kappa shape index (κ3) is 6.71. The number of ether oxygens (including phenoxy) is 2. The summed E-state index contributed by atoms with van der Waals surface area (Å²) in [7, 11) is 0. The lowest BCUT2D eigenvalue weighted by Gasteiger charge is -2.04. The van der Waals surface area contributed by atoms with E-state index in [0.717, 1.165) is 0 Å². The second-order valence-corrected chi connectivity index (χ2v) is 1.94. The molecule has 0 saturated heterocycles. The monoisotopic (exact) mass is 201 g/mol. The summed E-state index contributed by atoms with van der Waals surface area (Å²) in [5.74, 6) is 0. The Labute approximate surface area is 81.1 Å². The third-order valence-corrected chi connectivity index (χ3v) is 0.869. The standard InChI is InChI=1S/C8H11NO5/c1-3-5-12-7(10)9-14-8(11)13-6-4-2/h3-4H,1-2,5-6H2,(H,9,10). The quantitative estimate of drug-likeness (QED) is 0.419. The lowest BCUT2D eigenvalue weighted by atomic mass is 10.7. The van der Waals surface area contributed by atoms with Gasteiger partial charge in [-0.05, 0) is 0 Å². The maximum atomic E-state index is 10.6. The molecule has 0 aliphatic carbocycles. The van der Waals surface area contributed by atoms with Gasteiger partial charge in [0.1, 0.15) is 13.2 Å². The summed E-state index contributed by atoms with van der Waals surface area (Å²) in [5.41, 5.74) is 1.71. The van der Waals surface area contributed by atoms with Gasteiger partial charge in [-0.25, -0.2) is 9.59 Å². The highest BCUT2D eigenvalue weighted by molar-refractivity contribution is 5.69. The predicted molar refractivity (Wildman–Crippen MR) is 47.3 cm³/mol. The Morgan fingerprint density at radius 3 is 2.29 bits per heavy atom. The number of rotatable bonds is 4. The number of nitrogens with one attached hydrogen (secondary N) is 1. The van der Waals surface area contributed by atoms with Crippen molar-refractivity contribution in [3.8, 4) is 0 Å². The second kappa shape index (κ2) is 7.66. The first-order valence-corrected chi connectivity index (χ1v) is 3.69. The zero-order valence-electron chi connectivity index (χ0n) is 7.52. The molecule has 0 rings (SSSR count). The Balaban J connectivity index is 3.50. The van der Waals surface area contributed by atoms with Crippen molar-refractivity contribution < 1.29 is 23.9 Å². The van der Waals surface area contributed by atoms with Gasteiger partial charge in [0.15, 0.2) is 0 Å². The number of hydroxylamine groups is 1. The second-order valence-electron chi connectivity index (χ2n) is 1.94. The van der Waals surface area contributed by atoms with E-state index >= 15 is 0 Å². The molecule has 0 fully saturated rings. The van der Waals surface area contributed by atoms with Gasteiger partial charge in [-0.15, -0.1) is 5.48 Å². The van der Waals surface area contributed by atoms with Gasteiger partial charge in [-0.2, -0.15) is 0 Å². The fourth-order valence-corrected chi connectivity index (χ4v) is 0.404. The largest absolute Gasteiger partial charge is 0.533 e. The van der Waals surface area contributed by atoms with Crippen molar-refractivity contribution in [3.63, 3.8) is 0 Å². The van der Waals surface area contributed by atoms with Gasteiger partial charge in [-0.1, -0.05) is 25.3 Å². The molecule has 6 heteroatoms. The van der Waals surface area contributed by atoms with E-state index in [1.807, 2.05) is 0 Å². The van der Waals surface area contributed by atoms with Gasteiger partial charge in [0.25, 0.3) is 0 Å². The van der Waals surface area contributed by atoms with Crippen molar-refractivity contribution in [3.05, 3.63) is 25.3 Å². The van der Waals surface area contributed by atoms with Crippen LogP contribution < -0.4 is 5.48 Å². The zero-order valence-corrected chi connectivity index (χ0v) is 7.52.